The minimum absolute atomic E-state index is 0.0421. The van der Waals surface area contributed by atoms with Gasteiger partial charge in [0.1, 0.15) is 23.2 Å². The molecule has 1 saturated heterocycles. The second-order valence-electron chi connectivity index (χ2n) is 6.68. The Bertz CT molecular complexity index is 750. The van der Waals surface area contributed by atoms with Crippen LogP contribution in [0, 0.1) is 11.6 Å². The van der Waals surface area contributed by atoms with Crippen LogP contribution in [0.1, 0.15) is 18.6 Å². The summed E-state index contributed by atoms with van der Waals surface area (Å²) in [5, 5.41) is 8.88. The Labute approximate surface area is 150 Å². The van der Waals surface area contributed by atoms with Gasteiger partial charge < -0.3 is 9.52 Å². The third-order valence-corrected chi connectivity index (χ3v) is 4.82. The van der Waals surface area contributed by atoms with Gasteiger partial charge in [0.15, 0.2) is 0 Å². The number of rotatable bonds is 6. The zero-order valence-electron chi connectivity index (χ0n) is 14.6. The number of halogens is 2. The van der Waals surface area contributed by atoms with Crippen LogP contribution in [0.25, 0.3) is 11.3 Å². The molecule has 0 bridgehead atoms. The first-order valence-electron chi connectivity index (χ1n) is 8.61. The molecule has 0 saturated carbocycles. The van der Waals surface area contributed by atoms with Crippen molar-refractivity contribution in [3.63, 3.8) is 0 Å². The average Bonchev–Trinajstić information content (AvgIpc) is 3.03. The minimum Gasteiger partial charge on any atom is -0.480 e. The molecule has 26 heavy (non-hydrogen) atoms. The number of nitrogens with zero attached hydrogens (tertiary/aromatic N) is 2. The number of carboxylic acids is 1. The average molecular weight is 364 g/mol. The second kappa shape index (κ2) is 7.97. The third-order valence-electron chi connectivity index (χ3n) is 4.82. The summed E-state index contributed by atoms with van der Waals surface area (Å²) >= 11 is 0. The van der Waals surface area contributed by atoms with E-state index in [0.29, 0.717) is 12.3 Å². The fourth-order valence-electron chi connectivity index (χ4n) is 3.41. The number of carbonyl (C=O) groups is 1. The van der Waals surface area contributed by atoms with E-state index in [0.717, 1.165) is 25.9 Å². The van der Waals surface area contributed by atoms with Gasteiger partial charge in [0.2, 0.25) is 0 Å². The molecule has 0 spiro atoms. The lowest BCUT2D eigenvalue weighted by atomic mass is 10.0. The Morgan fingerprint density at radius 3 is 2.50 bits per heavy atom. The van der Waals surface area contributed by atoms with Crippen LogP contribution >= 0.6 is 0 Å². The van der Waals surface area contributed by atoms with Gasteiger partial charge in [-0.2, -0.15) is 0 Å². The molecule has 0 amide bonds. The highest BCUT2D eigenvalue weighted by Crippen LogP contribution is 2.28. The molecule has 140 valence electrons. The van der Waals surface area contributed by atoms with Gasteiger partial charge in [-0.3, -0.25) is 14.6 Å². The van der Waals surface area contributed by atoms with Gasteiger partial charge in [-0.05, 0) is 44.2 Å². The number of likely N-dealkylation sites (N-methyl/N-ethyl adjacent to an activating group) is 1. The summed E-state index contributed by atoms with van der Waals surface area (Å²) in [4.78, 5) is 14.9. The van der Waals surface area contributed by atoms with Crippen LogP contribution in [0.5, 0.6) is 0 Å². The maximum Gasteiger partial charge on any atom is 0.317 e. The quantitative estimate of drug-likeness (QED) is 0.853. The van der Waals surface area contributed by atoms with Crippen molar-refractivity contribution in [3.8, 4) is 11.3 Å². The summed E-state index contributed by atoms with van der Waals surface area (Å²) in [6, 6.07) is 7.32. The van der Waals surface area contributed by atoms with Crippen molar-refractivity contribution in [2.45, 2.75) is 25.4 Å². The number of piperidine rings is 1. The standard InChI is InChI=1S/C19H22F2N2O3/c1-22(12-18(24)25)13-7-9-23(10-8-13)11-14-5-6-17(26-14)19-15(20)3-2-4-16(19)21/h2-6,13H,7-12H2,1H3,(H,24,25). The molecule has 1 aliphatic rings. The highest BCUT2D eigenvalue weighted by Gasteiger charge is 2.24. The minimum atomic E-state index is -0.821. The van der Waals surface area contributed by atoms with E-state index >= 15 is 0 Å². The smallest absolute Gasteiger partial charge is 0.317 e. The summed E-state index contributed by atoms with van der Waals surface area (Å²) in [6.45, 7) is 2.24. The van der Waals surface area contributed by atoms with Crippen molar-refractivity contribution in [3.05, 3.63) is 47.7 Å². The summed E-state index contributed by atoms with van der Waals surface area (Å²) in [6.07, 6.45) is 1.75. The number of carboxylic acid groups (broad SMARTS) is 1. The molecule has 2 heterocycles. The van der Waals surface area contributed by atoms with Crippen molar-refractivity contribution < 1.29 is 23.1 Å². The molecule has 0 radical (unpaired) electrons. The number of benzene rings is 1. The zero-order valence-corrected chi connectivity index (χ0v) is 14.6. The van der Waals surface area contributed by atoms with Gasteiger partial charge in [-0.25, -0.2) is 8.78 Å². The van der Waals surface area contributed by atoms with Gasteiger partial charge in [-0.1, -0.05) is 6.07 Å². The fourth-order valence-corrected chi connectivity index (χ4v) is 3.41. The summed E-state index contributed by atoms with van der Waals surface area (Å²) in [5.74, 6) is -1.27. The van der Waals surface area contributed by atoms with E-state index in [2.05, 4.69) is 4.90 Å². The maximum atomic E-state index is 13.9. The lowest BCUT2D eigenvalue weighted by Crippen LogP contribution is -2.44. The summed E-state index contributed by atoms with van der Waals surface area (Å²) in [7, 11) is 1.83. The van der Waals surface area contributed by atoms with Crippen molar-refractivity contribution in [1.82, 2.24) is 9.80 Å². The maximum absolute atomic E-state index is 13.9. The lowest BCUT2D eigenvalue weighted by molar-refractivity contribution is -0.138. The molecule has 1 fully saturated rings. The van der Waals surface area contributed by atoms with E-state index in [1.165, 1.54) is 18.2 Å². The van der Waals surface area contributed by atoms with Crippen LogP contribution in [0.2, 0.25) is 0 Å². The number of furan rings is 1. The monoisotopic (exact) mass is 364 g/mol. The first kappa shape index (κ1) is 18.5. The van der Waals surface area contributed by atoms with Crippen molar-refractivity contribution in [2.24, 2.45) is 0 Å². The predicted octanol–water partition coefficient (Wildman–Crippen LogP) is 3.21. The lowest BCUT2D eigenvalue weighted by Gasteiger charge is -2.35. The van der Waals surface area contributed by atoms with Crippen LogP contribution in [-0.4, -0.2) is 53.6 Å². The van der Waals surface area contributed by atoms with Crippen LogP contribution in [0.15, 0.2) is 34.7 Å². The molecule has 7 heteroatoms. The SMILES string of the molecule is CN(CC(=O)O)C1CCN(Cc2ccc(-c3c(F)cccc3F)o2)CC1. The highest BCUT2D eigenvalue weighted by molar-refractivity contribution is 5.69. The van der Waals surface area contributed by atoms with Crippen LogP contribution in [0.3, 0.4) is 0 Å². The molecular weight excluding hydrogens is 342 g/mol. The summed E-state index contributed by atoms with van der Waals surface area (Å²) in [5.41, 5.74) is -0.146. The van der Waals surface area contributed by atoms with Gasteiger partial charge in [-0.15, -0.1) is 0 Å². The molecule has 1 N–H and O–H groups in total. The fraction of sp³-hybridized carbons (Fsp3) is 0.421. The van der Waals surface area contributed by atoms with E-state index in [4.69, 9.17) is 9.52 Å². The Morgan fingerprint density at radius 1 is 1.23 bits per heavy atom. The normalized spacial score (nSPS) is 16.3. The molecule has 1 aromatic heterocycles. The Morgan fingerprint density at radius 2 is 1.88 bits per heavy atom. The number of hydrogen-bond acceptors (Lipinski definition) is 4. The first-order valence-corrected chi connectivity index (χ1v) is 8.61. The molecular formula is C19H22F2N2O3. The Balaban J connectivity index is 1.58. The van der Waals surface area contributed by atoms with Crippen molar-refractivity contribution in [2.75, 3.05) is 26.7 Å². The molecule has 0 unspecified atom stereocenters. The van der Waals surface area contributed by atoms with E-state index < -0.39 is 17.6 Å². The highest BCUT2D eigenvalue weighted by atomic mass is 19.1. The molecule has 1 aromatic carbocycles. The van der Waals surface area contributed by atoms with Gasteiger partial charge in [0.25, 0.3) is 0 Å². The third kappa shape index (κ3) is 4.28. The molecule has 5 nitrogen and oxygen atoms in total. The predicted molar refractivity (Wildman–Crippen MR) is 92.6 cm³/mol. The first-order chi connectivity index (χ1) is 12.4. The van der Waals surface area contributed by atoms with Crippen molar-refractivity contribution >= 4 is 5.97 Å². The molecule has 1 aliphatic heterocycles. The molecule has 3 rings (SSSR count). The van der Waals surface area contributed by atoms with Gasteiger partial charge in [0.05, 0.1) is 18.7 Å². The summed E-state index contributed by atoms with van der Waals surface area (Å²) < 4.78 is 33.4. The van der Waals surface area contributed by atoms with E-state index in [9.17, 15) is 13.6 Å². The molecule has 2 aromatic rings. The van der Waals surface area contributed by atoms with Crippen LogP contribution in [0.4, 0.5) is 8.78 Å². The molecule has 0 atom stereocenters. The topological polar surface area (TPSA) is 56.9 Å². The van der Waals surface area contributed by atoms with Gasteiger partial charge in [0, 0.05) is 19.1 Å². The van der Waals surface area contributed by atoms with Crippen molar-refractivity contribution in [1.29, 1.82) is 0 Å². The Kier molecular flexibility index (Phi) is 5.68. The van der Waals surface area contributed by atoms with Crippen LogP contribution < -0.4 is 0 Å². The van der Waals surface area contributed by atoms with E-state index in [1.807, 2.05) is 11.9 Å². The molecule has 0 aliphatic carbocycles. The van der Waals surface area contributed by atoms with E-state index in [-0.39, 0.29) is 23.9 Å². The Hall–Kier alpha value is -2.25. The second-order valence-corrected chi connectivity index (χ2v) is 6.68. The zero-order chi connectivity index (χ0) is 18.7. The number of likely N-dealkylation sites (tertiary alicyclic amines) is 1. The van der Waals surface area contributed by atoms with Crippen LogP contribution in [-0.2, 0) is 11.3 Å². The number of aliphatic carboxylic acids is 1. The van der Waals surface area contributed by atoms with Gasteiger partial charge >= 0.3 is 5.97 Å². The number of hydrogen-bond donors (Lipinski definition) is 1. The van der Waals surface area contributed by atoms with E-state index in [1.54, 1.807) is 12.1 Å². The largest absolute Gasteiger partial charge is 0.480 e.